The molecule has 2 atom stereocenters. The Morgan fingerprint density at radius 2 is 1.90 bits per heavy atom. The zero-order chi connectivity index (χ0) is 7.40. The second-order valence-corrected chi connectivity index (χ2v) is 3.88. The average Bonchev–Trinajstić information content (AvgIpc) is 2.13. The molecule has 1 rings (SSSR count). The molecule has 10 heavy (non-hydrogen) atoms. The van der Waals surface area contributed by atoms with Crippen LogP contribution in [0, 0.1) is 5.92 Å². The maximum atomic E-state index is 6.19. The highest BCUT2D eigenvalue weighted by atomic mass is 35.5. The first-order valence-electron chi connectivity index (χ1n) is 4.48. The molecule has 0 radical (unpaired) electrons. The van der Waals surface area contributed by atoms with E-state index in [1.54, 1.807) is 0 Å². The van der Waals surface area contributed by atoms with Crippen molar-refractivity contribution >= 4 is 11.6 Å². The van der Waals surface area contributed by atoms with Gasteiger partial charge in [0.1, 0.15) is 0 Å². The van der Waals surface area contributed by atoms with Crippen LogP contribution in [0.1, 0.15) is 45.4 Å². The fourth-order valence-electron chi connectivity index (χ4n) is 1.80. The summed E-state index contributed by atoms with van der Waals surface area (Å²) < 4.78 is 0. The average molecular weight is 161 g/mol. The Bertz CT molecular complexity index is 90.7. The summed E-state index contributed by atoms with van der Waals surface area (Å²) in [4.78, 5) is 0. The van der Waals surface area contributed by atoms with Crippen molar-refractivity contribution in [2.45, 2.75) is 50.8 Å². The molecule has 0 bridgehead atoms. The van der Waals surface area contributed by atoms with Gasteiger partial charge in [0.15, 0.2) is 0 Å². The Balaban J connectivity index is 2.35. The molecule has 0 heterocycles. The van der Waals surface area contributed by atoms with Crippen molar-refractivity contribution in [2.24, 2.45) is 5.92 Å². The van der Waals surface area contributed by atoms with Crippen LogP contribution in [0.3, 0.4) is 0 Å². The van der Waals surface area contributed by atoms with Crippen LogP contribution in [0.2, 0.25) is 0 Å². The smallest absolute Gasteiger partial charge is 0.0364 e. The lowest BCUT2D eigenvalue weighted by atomic mass is 9.97. The molecule has 0 spiro atoms. The fraction of sp³-hybridized carbons (Fsp3) is 1.00. The Hall–Kier alpha value is 0.290. The topological polar surface area (TPSA) is 0 Å². The van der Waals surface area contributed by atoms with Gasteiger partial charge in [0.2, 0.25) is 0 Å². The summed E-state index contributed by atoms with van der Waals surface area (Å²) in [7, 11) is 0. The Kier molecular flexibility index (Phi) is 3.55. The molecule has 1 fully saturated rings. The van der Waals surface area contributed by atoms with Crippen LogP contribution >= 0.6 is 11.6 Å². The predicted molar refractivity (Wildman–Crippen MR) is 46.5 cm³/mol. The van der Waals surface area contributed by atoms with Gasteiger partial charge in [-0.15, -0.1) is 11.6 Å². The van der Waals surface area contributed by atoms with Crippen LogP contribution in [0.5, 0.6) is 0 Å². The van der Waals surface area contributed by atoms with Gasteiger partial charge in [0.05, 0.1) is 0 Å². The van der Waals surface area contributed by atoms with Crippen molar-refractivity contribution in [3.8, 4) is 0 Å². The van der Waals surface area contributed by atoms with E-state index in [4.69, 9.17) is 11.6 Å². The molecule has 1 saturated carbocycles. The van der Waals surface area contributed by atoms with Gasteiger partial charge < -0.3 is 0 Å². The highest BCUT2D eigenvalue weighted by molar-refractivity contribution is 6.20. The Labute approximate surface area is 69.0 Å². The van der Waals surface area contributed by atoms with Crippen LogP contribution in [0.15, 0.2) is 0 Å². The lowest BCUT2D eigenvalue weighted by Crippen LogP contribution is -2.11. The third kappa shape index (κ3) is 2.16. The van der Waals surface area contributed by atoms with E-state index in [-0.39, 0.29) is 0 Å². The Morgan fingerprint density at radius 1 is 1.20 bits per heavy atom. The van der Waals surface area contributed by atoms with Gasteiger partial charge in [-0.1, -0.05) is 32.6 Å². The van der Waals surface area contributed by atoms with Crippen molar-refractivity contribution in [1.29, 1.82) is 0 Å². The summed E-state index contributed by atoms with van der Waals surface area (Å²) in [6, 6.07) is 0. The molecule has 0 saturated heterocycles. The van der Waals surface area contributed by atoms with E-state index in [2.05, 4.69) is 6.92 Å². The fourth-order valence-corrected chi connectivity index (χ4v) is 2.26. The Morgan fingerprint density at radius 3 is 2.60 bits per heavy atom. The number of halogens is 1. The van der Waals surface area contributed by atoms with Gasteiger partial charge in [-0.05, 0) is 18.8 Å². The number of hydrogen-bond acceptors (Lipinski definition) is 0. The van der Waals surface area contributed by atoms with E-state index in [0.29, 0.717) is 5.38 Å². The molecule has 1 aliphatic carbocycles. The zero-order valence-electron chi connectivity index (χ0n) is 6.78. The molecular weight excluding hydrogens is 144 g/mol. The summed E-state index contributed by atoms with van der Waals surface area (Å²) >= 11 is 6.19. The first-order valence-corrected chi connectivity index (χ1v) is 4.92. The largest absolute Gasteiger partial charge is 0.123 e. The van der Waals surface area contributed by atoms with Crippen LogP contribution in [0.25, 0.3) is 0 Å². The van der Waals surface area contributed by atoms with Gasteiger partial charge in [-0.25, -0.2) is 0 Å². The second kappa shape index (κ2) is 4.23. The minimum Gasteiger partial charge on any atom is -0.123 e. The van der Waals surface area contributed by atoms with Gasteiger partial charge in [0, 0.05) is 5.38 Å². The first-order chi connectivity index (χ1) is 4.84. The van der Waals surface area contributed by atoms with Crippen molar-refractivity contribution < 1.29 is 0 Å². The van der Waals surface area contributed by atoms with Crippen molar-refractivity contribution in [2.75, 3.05) is 0 Å². The first kappa shape index (κ1) is 8.39. The molecule has 2 unspecified atom stereocenters. The lowest BCUT2D eigenvalue weighted by molar-refractivity contribution is 0.453. The highest BCUT2D eigenvalue weighted by Crippen LogP contribution is 2.29. The molecule has 60 valence electrons. The summed E-state index contributed by atoms with van der Waals surface area (Å²) in [5.41, 5.74) is 0. The molecule has 0 aromatic heterocycles. The van der Waals surface area contributed by atoms with E-state index in [9.17, 15) is 0 Å². The SMILES string of the molecule is CCC1CCCCCC1Cl. The summed E-state index contributed by atoms with van der Waals surface area (Å²) in [6.45, 7) is 2.26. The number of rotatable bonds is 1. The third-order valence-corrected chi connectivity index (χ3v) is 3.17. The second-order valence-electron chi connectivity index (χ2n) is 3.32. The standard InChI is InChI=1S/C9H17Cl/c1-2-8-6-4-3-5-7-9(8)10/h8-9H,2-7H2,1H3. The van der Waals surface area contributed by atoms with E-state index in [0.717, 1.165) is 5.92 Å². The van der Waals surface area contributed by atoms with Gasteiger partial charge in [-0.2, -0.15) is 0 Å². The van der Waals surface area contributed by atoms with Crippen LogP contribution in [0.4, 0.5) is 0 Å². The maximum absolute atomic E-state index is 6.19. The summed E-state index contributed by atoms with van der Waals surface area (Å²) in [5, 5.41) is 0.479. The molecule has 0 N–H and O–H groups in total. The molecule has 1 aliphatic rings. The number of alkyl halides is 1. The third-order valence-electron chi connectivity index (χ3n) is 2.59. The zero-order valence-corrected chi connectivity index (χ0v) is 7.53. The monoisotopic (exact) mass is 160 g/mol. The van der Waals surface area contributed by atoms with Crippen LogP contribution in [-0.2, 0) is 0 Å². The van der Waals surface area contributed by atoms with Gasteiger partial charge in [0.25, 0.3) is 0 Å². The van der Waals surface area contributed by atoms with E-state index >= 15 is 0 Å². The maximum Gasteiger partial charge on any atom is 0.0364 e. The highest BCUT2D eigenvalue weighted by Gasteiger charge is 2.19. The molecule has 0 amide bonds. The van der Waals surface area contributed by atoms with E-state index in [1.807, 2.05) is 0 Å². The van der Waals surface area contributed by atoms with Crippen LogP contribution in [-0.4, -0.2) is 5.38 Å². The minimum atomic E-state index is 0.479. The summed E-state index contributed by atoms with van der Waals surface area (Å²) in [6.07, 6.45) is 8.05. The molecule has 0 aliphatic heterocycles. The minimum absolute atomic E-state index is 0.479. The molecule has 0 aromatic rings. The normalized spacial score (nSPS) is 35.4. The van der Waals surface area contributed by atoms with E-state index in [1.165, 1.54) is 38.5 Å². The molecule has 0 nitrogen and oxygen atoms in total. The van der Waals surface area contributed by atoms with Crippen molar-refractivity contribution in [3.63, 3.8) is 0 Å². The number of hydrogen-bond donors (Lipinski definition) is 0. The van der Waals surface area contributed by atoms with E-state index < -0.39 is 0 Å². The van der Waals surface area contributed by atoms with Crippen LogP contribution < -0.4 is 0 Å². The van der Waals surface area contributed by atoms with Crippen molar-refractivity contribution in [3.05, 3.63) is 0 Å². The lowest BCUT2D eigenvalue weighted by Gasteiger charge is -2.16. The molecule has 0 aromatic carbocycles. The summed E-state index contributed by atoms with van der Waals surface area (Å²) in [5.74, 6) is 0.809. The van der Waals surface area contributed by atoms with Gasteiger partial charge in [-0.3, -0.25) is 0 Å². The van der Waals surface area contributed by atoms with Gasteiger partial charge >= 0.3 is 0 Å². The predicted octanol–water partition coefficient (Wildman–Crippen LogP) is 3.58. The van der Waals surface area contributed by atoms with Crippen molar-refractivity contribution in [1.82, 2.24) is 0 Å². The molecular formula is C9H17Cl. The quantitative estimate of drug-likeness (QED) is 0.406. The molecule has 1 heteroatoms.